The van der Waals surface area contributed by atoms with Crippen molar-refractivity contribution in [3.05, 3.63) is 41.5 Å². The van der Waals surface area contributed by atoms with Gasteiger partial charge in [-0.05, 0) is 29.8 Å². The Balaban J connectivity index is 1.79. The molecule has 2 aromatic carbocycles. The quantitative estimate of drug-likeness (QED) is 0.785. The second kappa shape index (κ2) is 7.53. The van der Waals surface area contributed by atoms with Crippen molar-refractivity contribution in [3.8, 4) is 23.0 Å². The highest BCUT2D eigenvalue weighted by Crippen LogP contribution is 2.36. The third-order valence-electron chi connectivity index (χ3n) is 4.44. The van der Waals surface area contributed by atoms with Gasteiger partial charge in [0.15, 0.2) is 11.5 Å². The van der Waals surface area contributed by atoms with Crippen molar-refractivity contribution in [1.82, 2.24) is 5.32 Å². The number of nitrogens with two attached hydrogens (primary N) is 1. The fraction of sp³-hybridized carbons (Fsp3) is 0.368. The molecule has 3 N–H and O–H groups in total. The van der Waals surface area contributed by atoms with Crippen LogP contribution in [0.25, 0.3) is 0 Å². The normalized spacial score (nSPS) is 15.9. The molecule has 3 rings (SSSR count). The minimum Gasteiger partial charge on any atom is -0.497 e. The van der Waals surface area contributed by atoms with Gasteiger partial charge in [0.1, 0.15) is 11.5 Å². The summed E-state index contributed by atoms with van der Waals surface area (Å²) in [5.74, 6) is 3.01. The van der Waals surface area contributed by atoms with Gasteiger partial charge in [-0.2, -0.15) is 0 Å². The smallest absolute Gasteiger partial charge is 0.162 e. The minimum atomic E-state index is 0.173. The molecule has 1 aliphatic heterocycles. The first-order valence-electron chi connectivity index (χ1n) is 8.20. The van der Waals surface area contributed by atoms with Gasteiger partial charge in [-0.25, -0.2) is 0 Å². The lowest BCUT2D eigenvalue weighted by Crippen LogP contribution is -2.27. The number of fused-ring (bicyclic) bond motifs is 1. The number of anilines is 1. The Hall–Kier alpha value is -2.60. The van der Waals surface area contributed by atoms with Crippen LogP contribution in [0.15, 0.2) is 30.3 Å². The summed E-state index contributed by atoms with van der Waals surface area (Å²) in [4.78, 5) is 0. The third kappa shape index (κ3) is 3.58. The molecular formula is C19H24N2O4. The molecule has 1 unspecified atom stereocenters. The standard InChI is InChI=1S/C19H24N2O4/c1-22-13-4-5-17-14(9-13)16(6-7-25-17)21-11-12-8-18(23-2)19(24-3)10-15(12)20/h4-5,8-10,16,21H,6-7,11,20H2,1-3H3. The van der Waals surface area contributed by atoms with E-state index in [9.17, 15) is 0 Å². The van der Waals surface area contributed by atoms with Crippen LogP contribution in [0.5, 0.6) is 23.0 Å². The fourth-order valence-corrected chi connectivity index (χ4v) is 3.03. The predicted molar refractivity (Wildman–Crippen MR) is 96.6 cm³/mol. The van der Waals surface area contributed by atoms with E-state index in [1.54, 1.807) is 27.4 Å². The third-order valence-corrected chi connectivity index (χ3v) is 4.44. The summed E-state index contributed by atoms with van der Waals surface area (Å²) in [6, 6.07) is 9.75. The molecular weight excluding hydrogens is 320 g/mol. The van der Waals surface area contributed by atoms with Gasteiger partial charge in [-0.1, -0.05) is 0 Å². The molecule has 0 radical (unpaired) electrons. The zero-order chi connectivity index (χ0) is 17.8. The summed E-state index contributed by atoms with van der Waals surface area (Å²) >= 11 is 0. The van der Waals surface area contributed by atoms with Crippen LogP contribution in [0.3, 0.4) is 0 Å². The highest BCUT2D eigenvalue weighted by Gasteiger charge is 2.22. The lowest BCUT2D eigenvalue weighted by atomic mass is 9.99. The van der Waals surface area contributed by atoms with E-state index in [0.29, 0.717) is 30.3 Å². The van der Waals surface area contributed by atoms with Crippen LogP contribution in [-0.2, 0) is 6.54 Å². The molecule has 1 aliphatic rings. The fourth-order valence-electron chi connectivity index (χ4n) is 3.03. The number of nitrogens with one attached hydrogen (secondary N) is 1. The highest BCUT2D eigenvalue weighted by molar-refractivity contribution is 5.58. The van der Waals surface area contributed by atoms with Crippen molar-refractivity contribution in [1.29, 1.82) is 0 Å². The molecule has 0 bridgehead atoms. The van der Waals surface area contributed by atoms with Gasteiger partial charge < -0.3 is 30.0 Å². The van der Waals surface area contributed by atoms with Gasteiger partial charge in [-0.3, -0.25) is 0 Å². The zero-order valence-corrected chi connectivity index (χ0v) is 14.8. The number of hydrogen-bond donors (Lipinski definition) is 2. The van der Waals surface area contributed by atoms with Crippen LogP contribution >= 0.6 is 0 Å². The van der Waals surface area contributed by atoms with E-state index in [-0.39, 0.29) is 6.04 Å². The lowest BCUT2D eigenvalue weighted by Gasteiger charge is -2.27. The summed E-state index contributed by atoms with van der Waals surface area (Å²) in [5, 5.41) is 3.56. The van der Waals surface area contributed by atoms with Crippen LogP contribution in [0.4, 0.5) is 5.69 Å². The van der Waals surface area contributed by atoms with Gasteiger partial charge in [-0.15, -0.1) is 0 Å². The van der Waals surface area contributed by atoms with Gasteiger partial charge in [0.2, 0.25) is 0 Å². The summed E-state index contributed by atoms with van der Waals surface area (Å²) in [5.41, 5.74) is 8.89. The number of ether oxygens (including phenoxy) is 4. The van der Waals surface area contributed by atoms with E-state index >= 15 is 0 Å². The second-order valence-electron chi connectivity index (χ2n) is 5.88. The minimum absolute atomic E-state index is 0.173. The number of hydrogen-bond acceptors (Lipinski definition) is 6. The number of methoxy groups -OCH3 is 3. The summed E-state index contributed by atoms with van der Waals surface area (Å²) in [6.07, 6.45) is 0.882. The van der Waals surface area contributed by atoms with E-state index < -0.39 is 0 Å². The molecule has 2 aromatic rings. The maximum absolute atomic E-state index is 6.16. The van der Waals surface area contributed by atoms with Gasteiger partial charge in [0.05, 0.1) is 27.9 Å². The van der Waals surface area contributed by atoms with Crippen molar-refractivity contribution < 1.29 is 18.9 Å². The largest absolute Gasteiger partial charge is 0.497 e. The molecule has 0 saturated carbocycles. The summed E-state index contributed by atoms with van der Waals surface area (Å²) in [7, 11) is 4.88. The van der Waals surface area contributed by atoms with Crippen molar-refractivity contribution in [2.75, 3.05) is 33.7 Å². The first-order chi connectivity index (χ1) is 12.2. The number of rotatable bonds is 6. The van der Waals surface area contributed by atoms with Gasteiger partial charge in [0.25, 0.3) is 0 Å². The van der Waals surface area contributed by atoms with Crippen LogP contribution in [0.2, 0.25) is 0 Å². The van der Waals surface area contributed by atoms with Crippen molar-refractivity contribution in [2.45, 2.75) is 19.0 Å². The van der Waals surface area contributed by atoms with Crippen LogP contribution in [0, 0.1) is 0 Å². The lowest BCUT2D eigenvalue weighted by molar-refractivity contribution is 0.251. The second-order valence-corrected chi connectivity index (χ2v) is 5.88. The first-order valence-corrected chi connectivity index (χ1v) is 8.20. The Morgan fingerprint density at radius 1 is 1.08 bits per heavy atom. The zero-order valence-electron chi connectivity index (χ0n) is 14.8. The molecule has 0 spiro atoms. The molecule has 0 aromatic heterocycles. The number of benzene rings is 2. The van der Waals surface area contributed by atoms with Crippen molar-refractivity contribution in [3.63, 3.8) is 0 Å². The number of nitrogen functional groups attached to an aromatic ring is 1. The Morgan fingerprint density at radius 2 is 1.84 bits per heavy atom. The Morgan fingerprint density at radius 3 is 2.56 bits per heavy atom. The van der Waals surface area contributed by atoms with Crippen LogP contribution in [0.1, 0.15) is 23.6 Å². The SMILES string of the molecule is COc1ccc2c(c1)C(NCc1cc(OC)c(OC)cc1N)CCO2. The first kappa shape index (κ1) is 17.2. The molecule has 0 aliphatic carbocycles. The monoisotopic (exact) mass is 344 g/mol. The predicted octanol–water partition coefficient (Wildman–Crippen LogP) is 2.91. The average Bonchev–Trinajstić information content (AvgIpc) is 2.66. The topological polar surface area (TPSA) is 75.0 Å². The van der Waals surface area contributed by atoms with Gasteiger partial charge >= 0.3 is 0 Å². The Kier molecular flexibility index (Phi) is 5.19. The average molecular weight is 344 g/mol. The molecule has 0 amide bonds. The molecule has 134 valence electrons. The maximum atomic E-state index is 6.16. The molecule has 0 saturated heterocycles. The van der Waals surface area contributed by atoms with Crippen LogP contribution < -0.4 is 30.0 Å². The highest BCUT2D eigenvalue weighted by atomic mass is 16.5. The molecule has 1 atom stereocenters. The Bertz CT molecular complexity index is 748. The van der Waals surface area contributed by atoms with E-state index in [4.69, 9.17) is 24.7 Å². The molecule has 6 heteroatoms. The summed E-state index contributed by atoms with van der Waals surface area (Å²) < 4.78 is 21.7. The van der Waals surface area contributed by atoms with Gasteiger partial charge in [0, 0.05) is 36.3 Å². The van der Waals surface area contributed by atoms with Crippen molar-refractivity contribution in [2.24, 2.45) is 0 Å². The molecule has 1 heterocycles. The molecule has 0 fully saturated rings. The molecule has 25 heavy (non-hydrogen) atoms. The molecule has 6 nitrogen and oxygen atoms in total. The van der Waals surface area contributed by atoms with E-state index in [1.165, 1.54) is 0 Å². The van der Waals surface area contributed by atoms with E-state index in [0.717, 1.165) is 29.0 Å². The van der Waals surface area contributed by atoms with Crippen molar-refractivity contribution >= 4 is 5.69 Å². The van der Waals surface area contributed by atoms with E-state index in [1.807, 2.05) is 24.3 Å². The summed E-state index contributed by atoms with van der Waals surface area (Å²) in [6.45, 7) is 1.30. The van der Waals surface area contributed by atoms with Crippen LogP contribution in [-0.4, -0.2) is 27.9 Å². The Labute approximate surface area is 147 Å². The maximum Gasteiger partial charge on any atom is 0.162 e. The van der Waals surface area contributed by atoms with E-state index in [2.05, 4.69) is 5.32 Å².